The van der Waals surface area contributed by atoms with Crippen molar-refractivity contribution in [2.45, 2.75) is 6.54 Å². The molecule has 0 aliphatic heterocycles. The summed E-state index contributed by atoms with van der Waals surface area (Å²) in [6.45, 7) is 0.537. The van der Waals surface area contributed by atoms with Gasteiger partial charge in [0.1, 0.15) is 5.01 Å². The molecular formula is C11H10N4O2S. The summed E-state index contributed by atoms with van der Waals surface area (Å²) in [5.74, 6) is 4.80. The number of nitrogens with two attached hydrogens (primary N) is 1. The fraction of sp³-hybridized carbons (Fsp3) is 0.0909. The number of aromatic nitrogens is 2. The van der Waals surface area contributed by atoms with Crippen LogP contribution in [0.1, 0.15) is 5.01 Å². The zero-order chi connectivity index (χ0) is 12.5. The van der Waals surface area contributed by atoms with Crippen LogP contribution in [0.5, 0.6) is 0 Å². The summed E-state index contributed by atoms with van der Waals surface area (Å²) in [5, 5.41) is 2.86. The van der Waals surface area contributed by atoms with Crippen LogP contribution >= 0.6 is 11.3 Å². The highest BCUT2D eigenvalue weighted by Gasteiger charge is 2.07. The van der Waals surface area contributed by atoms with Gasteiger partial charge in [-0.25, -0.2) is 9.78 Å². The molecule has 6 nitrogen and oxygen atoms in total. The van der Waals surface area contributed by atoms with Crippen molar-refractivity contribution in [1.29, 1.82) is 0 Å². The number of H-pyrrole nitrogens is 1. The van der Waals surface area contributed by atoms with Crippen molar-refractivity contribution < 1.29 is 4.42 Å². The Morgan fingerprint density at radius 3 is 3.22 bits per heavy atom. The average Bonchev–Trinajstić information content (AvgIpc) is 2.93. The maximum atomic E-state index is 11.1. The van der Waals surface area contributed by atoms with Gasteiger partial charge in [0.2, 0.25) is 0 Å². The number of hydrogen-bond donors (Lipinski definition) is 3. The first-order chi connectivity index (χ1) is 8.76. The number of aromatic amines is 1. The number of fused-ring (bicyclic) bond motifs is 1. The second-order valence-electron chi connectivity index (χ2n) is 3.73. The molecule has 0 saturated heterocycles. The van der Waals surface area contributed by atoms with E-state index in [2.05, 4.69) is 15.4 Å². The topological polar surface area (TPSA) is 96.9 Å². The molecule has 0 unspecified atom stereocenters. The van der Waals surface area contributed by atoms with Gasteiger partial charge in [-0.05, 0) is 18.2 Å². The van der Waals surface area contributed by atoms with Crippen LogP contribution in [0.25, 0.3) is 22.4 Å². The maximum Gasteiger partial charge on any atom is 0.417 e. The number of nitrogens with zero attached hydrogens (tertiary/aromatic N) is 1. The molecule has 2 aromatic heterocycles. The van der Waals surface area contributed by atoms with E-state index >= 15 is 0 Å². The standard InChI is InChI=1S/C11H10N4O2S/c12-13-4-10-14-8(5-18-10)6-1-2-9-7(3-6)15-11(16)17-9/h1-3,5,13H,4,12H2,(H,15,16). The summed E-state index contributed by atoms with van der Waals surface area (Å²) in [7, 11) is 0. The Morgan fingerprint density at radius 1 is 1.50 bits per heavy atom. The molecule has 4 N–H and O–H groups in total. The lowest BCUT2D eigenvalue weighted by Crippen LogP contribution is -2.20. The van der Waals surface area contributed by atoms with Crippen molar-refractivity contribution >= 4 is 22.4 Å². The quantitative estimate of drug-likeness (QED) is 0.487. The molecule has 18 heavy (non-hydrogen) atoms. The van der Waals surface area contributed by atoms with Crippen molar-refractivity contribution in [3.63, 3.8) is 0 Å². The third-order valence-corrected chi connectivity index (χ3v) is 3.37. The first-order valence-corrected chi connectivity index (χ1v) is 6.15. The molecule has 0 spiro atoms. The highest BCUT2D eigenvalue weighted by Crippen LogP contribution is 2.24. The van der Waals surface area contributed by atoms with Gasteiger partial charge in [-0.2, -0.15) is 0 Å². The molecule has 0 aliphatic rings. The van der Waals surface area contributed by atoms with E-state index in [0.717, 1.165) is 16.3 Å². The number of oxazole rings is 1. The monoisotopic (exact) mass is 262 g/mol. The van der Waals surface area contributed by atoms with Crippen molar-refractivity contribution in [3.05, 3.63) is 39.1 Å². The second kappa shape index (κ2) is 4.37. The summed E-state index contributed by atoms with van der Waals surface area (Å²) < 4.78 is 4.95. The van der Waals surface area contributed by atoms with E-state index in [1.807, 2.05) is 17.5 Å². The molecule has 3 aromatic rings. The predicted octanol–water partition coefficient (Wildman–Crippen LogP) is 1.21. The lowest BCUT2D eigenvalue weighted by Gasteiger charge is -1.96. The summed E-state index contributed by atoms with van der Waals surface area (Å²) in [6, 6.07) is 5.46. The van der Waals surface area contributed by atoms with Gasteiger partial charge in [0.15, 0.2) is 5.58 Å². The minimum atomic E-state index is -0.451. The molecule has 3 rings (SSSR count). The van der Waals surface area contributed by atoms with E-state index in [4.69, 9.17) is 10.3 Å². The SMILES string of the molecule is NNCc1nc(-c2ccc3oc(=O)[nH]c3c2)cs1. The molecule has 0 radical (unpaired) electrons. The van der Waals surface area contributed by atoms with Crippen LogP contribution < -0.4 is 17.0 Å². The number of thiazole rings is 1. The fourth-order valence-electron chi connectivity index (χ4n) is 1.72. The van der Waals surface area contributed by atoms with Gasteiger partial charge >= 0.3 is 5.76 Å². The Morgan fingerprint density at radius 2 is 2.39 bits per heavy atom. The molecular weight excluding hydrogens is 252 g/mol. The summed E-state index contributed by atoms with van der Waals surface area (Å²) in [5.41, 5.74) is 5.57. The normalized spacial score (nSPS) is 11.2. The van der Waals surface area contributed by atoms with Crippen LogP contribution in [0.15, 0.2) is 32.8 Å². The summed E-state index contributed by atoms with van der Waals surface area (Å²) in [4.78, 5) is 18.1. The minimum absolute atomic E-state index is 0.451. The lowest BCUT2D eigenvalue weighted by atomic mass is 10.1. The van der Waals surface area contributed by atoms with Gasteiger partial charge < -0.3 is 4.42 Å². The largest absolute Gasteiger partial charge is 0.417 e. The zero-order valence-corrected chi connectivity index (χ0v) is 10.1. The molecule has 0 amide bonds. The number of hydrogen-bond acceptors (Lipinski definition) is 6. The first kappa shape index (κ1) is 11.1. The smallest absolute Gasteiger partial charge is 0.408 e. The number of rotatable bonds is 3. The molecule has 0 fully saturated rings. The molecule has 0 bridgehead atoms. The fourth-order valence-corrected chi connectivity index (χ4v) is 2.48. The van der Waals surface area contributed by atoms with Crippen molar-refractivity contribution in [1.82, 2.24) is 15.4 Å². The number of benzene rings is 1. The third kappa shape index (κ3) is 1.94. The molecule has 0 atom stereocenters. The van der Waals surface area contributed by atoms with Crippen molar-refractivity contribution in [3.8, 4) is 11.3 Å². The van der Waals surface area contributed by atoms with E-state index < -0.39 is 5.76 Å². The van der Waals surface area contributed by atoms with E-state index in [-0.39, 0.29) is 0 Å². The highest BCUT2D eigenvalue weighted by atomic mass is 32.1. The first-order valence-electron chi connectivity index (χ1n) is 5.27. The highest BCUT2D eigenvalue weighted by molar-refractivity contribution is 7.09. The zero-order valence-electron chi connectivity index (χ0n) is 9.27. The lowest BCUT2D eigenvalue weighted by molar-refractivity contribution is 0.555. The molecule has 0 aliphatic carbocycles. The Hall–Kier alpha value is -1.96. The molecule has 92 valence electrons. The Balaban J connectivity index is 2.04. The summed E-state index contributed by atoms with van der Waals surface area (Å²) in [6.07, 6.45) is 0. The van der Waals surface area contributed by atoms with E-state index in [1.54, 1.807) is 6.07 Å². The predicted molar refractivity (Wildman–Crippen MR) is 69.0 cm³/mol. The van der Waals surface area contributed by atoms with E-state index in [0.29, 0.717) is 17.6 Å². The van der Waals surface area contributed by atoms with Crippen LogP contribution in [0.4, 0.5) is 0 Å². The van der Waals surface area contributed by atoms with Crippen LogP contribution in [-0.4, -0.2) is 9.97 Å². The Labute approximate surface area is 105 Å². The van der Waals surface area contributed by atoms with Gasteiger partial charge in [-0.3, -0.25) is 16.3 Å². The van der Waals surface area contributed by atoms with Gasteiger partial charge in [0.05, 0.1) is 17.8 Å². The van der Waals surface area contributed by atoms with Gasteiger partial charge in [-0.15, -0.1) is 11.3 Å². The van der Waals surface area contributed by atoms with Gasteiger partial charge in [-0.1, -0.05) is 0 Å². The van der Waals surface area contributed by atoms with Crippen LogP contribution in [0, 0.1) is 0 Å². The Kier molecular flexibility index (Phi) is 2.71. The summed E-state index contributed by atoms with van der Waals surface area (Å²) >= 11 is 1.53. The van der Waals surface area contributed by atoms with E-state index in [1.165, 1.54) is 11.3 Å². The third-order valence-electron chi connectivity index (χ3n) is 2.52. The Bertz CT molecular complexity index is 743. The number of hydrazine groups is 1. The van der Waals surface area contributed by atoms with Crippen LogP contribution in [-0.2, 0) is 6.54 Å². The van der Waals surface area contributed by atoms with Crippen LogP contribution in [0.2, 0.25) is 0 Å². The van der Waals surface area contributed by atoms with Gasteiger partial charge in [0, 0.05) is 10.9 Å². The molecule has 2 heterocycles. The average molecular weight is 262 g/mol. The maximum absolute atomic E-state index is 11.1. The molecule has 1 aromatic carbocycles. The van der Waals surface area contributed by atoms with Crippen molar-refractivity contribution in [2.24, 2.45) is 5.84 Å². The van der Waals surface area contributed by atoms with Crippen LogP contribution in [0.3, 0.4) is 0 Å². The van der Waals surface area contributed by atoms with Crippen molar-refractivity contribution in [2.75, 3.05) is 0 Å². The molecule has 7 heteroatoms. The molecule has 0 saturated carbocycles. The van der Waals surface area contributed by atoms with Gasteiger partial charge in [0.25, 0.3) is 0 Å². The number of nitrogens with one attached hydrogen (secondary N) is 2. The second-order valence-corrected chi connectivity index (χ2v) is 4.68. The van der Waals surface area contributed by atoms with E-state index in [9.17, 15) is 4.79 Å². The minimum Gasteiger partial charge on any atom is -0.408 e.